The van der Waals surface area contributed by atoms with E-state index >= 15 is 0 Å². The minimum atomic E-state index is -0.597. The molecule has 0 aliphatic carbocycles. The molecule has 3 aromatic carbocycles. The highest BCUT2D eigenvalue weighted by atomic mass is 19.1. The molecule has 1 heterocycles. The second-order valence-corrected chi connectivity index (χ2v) is 8.82. The molecule has 36 heavy (non-hydrogen) atoms. The quantitative estimate of drug-likeness (QED) is 0.332. The summed E-state index contributed by atoms with van der Waals surface area (Å²) in [7, 11) is 3.04. The van der Waals surface area contributed by atoms with Crippen LogP contribution in [0.4, 0.5) is 10.1 Å². The van der Waals surface area contributed by atoms with E-state index in [-0.39, 0.29) is 18.2 Å². The third-order valence-corrected chi connectivity index (χ3v) is 5.85. The van der Waals surface area contributed by atoms with Crippen LogP contribution in [0.15, 0.2) is 60.7 Å². The molecule has 1 amide bonds. The maximum absolute atomic E-state index is 13.4. The molecule has 0 atom stereocenters. The van der Waals surface area contributed by atoms with Gasteiger partial charge in [-0.05, 0) is 54.1 Å². The molecule has 0 bridgehead atoms. The van der Waals surface area contributed by atoms with Crippen LogP contribution < -0.4 is 14.8 Å². The average Bonchev–Trinajstić information content (AvgIpc) is 3.30. The normalized spacial score (nSPS) is 11.2. The number of carbonyl (C=O) groups excluding carboxylic acids is 2. The minimum absolute atomic E-state index is 0.0960. The molecule has 0 aliphatic heterocycles. The van der Waals surface area contributed by atoms with Crippen LogP contribution in [0.1, 0.15) is 40.3 Å². The van der Waals surface area contributed by atoms with E-state index in [1.165, 1.54) is 32.4 Å². The van der Waals surface area contributed by atoms with Gasteiger partial charge in [-0.1, -0.05) is 26.0 Å². The smallest absolute Gasteiger partial charge is 0.359 e. The van der Waals surface area contributed by atoms with Gasteiger partial charge in [-0.15, -0.1) is 0 Å². The Hall–Kier alpha value is -4.40. The molecular weight excluding hydrogens is 465 g/mol. The number of rotatable bonds is 8. The lowest BCUT2D eigenvalue weighted by molar-refractivity contribution is 0.0422. The topological polar surface area (TPSA) is 103 Å². The van der Waals surface area contributed by atoms with Gasteiger partial charge in [0.15, 0.2) is 17.2 Å². The molecule has 4 rings (SSSR count). The Morgan fingerprint density at radius 2 is 1.69 bits per heavy atom. The maximum Gasteiger partial charge on any atom is 0.359 e. The van der Waals surface area contributed by atoms with Crippen LogP contribution >= 0.6 is 0 Å². The molecule has 0 fully saturated rings. The van der Waals surface area contributed by atoms with E-state index < -0.39 is 17.2 Å². The number of nitrogens with one attached hydrogen (secondary N) is 2. The van der Waals surface area contributed by atoms with Crippen molar-refractivity contribution in [2.24, 2.45) is 0 Å². The summed E-state index contributed by atoms with van der Waals surface area (Å²) in [5, 5.41) is 9.97. The first-order chi connectivity index (χ1) is 17.2. The number of esters is 1. The van der Waals surface area contributed by atoms with E-state index in [1.807, 2.05) is 26.0 Å². The summed E-state index contributed by atoms with van der Waals surface area (Å²) >= 11 is 0. The maximum atomic E-state index is 13.4. The standard InChI is InChI=1S/C27H26FN3O5/c1-27(2,15-36-26(33)24-20-11-8-18(28)14-21(20)30-31-24)17-6-9-19(10-7-17)29-25(32)16-5-12-22(34-3)23(13-16)35-4/h5-14H,15H2,1-4H3,(H,29,32)(H,30,31). The number of aromatic amines is 1. The average molecular weight is 492 g/mol. The second-order valence-electron chi connectivity index (χ2n) is 8.82. The van der Waals surface area contributed by atoms with Gasteiger partial charge in [0.25, 0.3) is 5.91 Å². The number of aromatic nitrogens is 2. The van der Waals surface area contributed by atoms with E-state index in [1.54, 1.807) is 30.3 Å². The molecule has 0 spiro atoms. The zero-order chi connectivity index (χ0) is 25.9. The Bertz CT molecular complexity index is 1410. The lowest BCUT2D eigenvalue weighted by Gasteiger charge is -2.25. The number of hydrogen-bond acceptors (Lipinski definition) is 6. The fourth-order valence-electron chi connectivity index (χ4n) is 3.73. The number of amides is 1. The Morgan fingerprint density at radius 3 is 2.39 bits per heavy atom. The van der Waals surface area contributed by atoms with Crippen LogP contribution in [0.25, 0.3) is 10.9 Å². The van der Waals surface area contributed by atoms with Crippen LogP contribution in [-0.4, -0.2) is 42.9 Å². The molecule has 4 aromatic rings. The SMILES string of the molecule is COc1ccc(C(=O)Nc2ccc(C(C)(C)COC(=O)c3n[nH]c4cc(F)ccc34)cc2)cc1OC. The van der Waals surface area contributed by atoms with Gasteiger partial charge < -0.3 is 19.5 Å². The fraction of sp³-hybridized carbons (Fsp3) is 0.222. The number of methoxy groups -OCH3 is 2. The highest BCUT2D eigenvalue weighted by molar-refractivity contribution is 6.04. The monoisotopic (exact) mass is 491 g/mol. The van der Waals surface area contributed by atoms with E-state index in [9.17, 15) is 14.0 Å². The number of H-pyrrole nitrogens is 1. The predicted octanol–water partition coefficient (Wildman–Crippen LogP) is 5.11. The summed E-state index contributed by atoms with van der Waals surface area (Å²) in [5.41, 5.74) is 1.97. The number of anilines is 1. The summed E-state index contributed by atoms with van der Waals surface area (Å²) < 4.78 is 29.4. The second kappa shape index (κ2) is 10.1. The summed E-state index contributed by atoms with van der Waals surface area (Å²) in [6.45, 7) is 3.98. The molecule has 0 radical (unpaired) electrons. The lowest BCUT2D eigenvalue weighted by atomic mass is 9.85. The van der Waals surface area contributed by atoms with Crippen LogP contribution in [0.3, 0.4) is 0 Å². The van der Waals surface area contributed by atoms with Crippen molar-refractivity contribution in [3.05, 3.63) is 83.3 Å². The molecule has 0 unspecified atom stereocenters. The summed E-state index contributed by atoms with van der Waals surface area (Å²) in [6.07, 6.45) is 0. The zero-order valence-corrected chi connectivity index (χ0v) is 20.3. The summed E-state index contributed by atoms with van der Waals surface area (Å²) in [6, 6.07) is 16.3. The van der Waals surface area contributed by atoms with E-state index in [0.717, 1.165) is 5.56 Å². The molecule has 8 nitrogen and oxygen atoms in total. The van der Waals surface area contributed by atoms with Crippen molar-refractivity contribution in [2.45, 2.75) is 19.3 Å². The Labute approximate surface area is 207 Å². The van der Waals surface area contributed by atoms with Crippen LogP contribution in [0.5, 0.6) is 11.5 Å². The zero-order valence-electron chi connectivity index (χ0n) is 20.3. The number of benzene rings is 3. The van der Waals surface area contributed by atoms with Crippen molar-refractivity contribution in [3.63, 3.8) is 0 Å². The van der Waals surface area contributed by atoms with Crippen molar-refractivity contribution in [2.75, 3.05) is 26.1 Å². The molecule has 0 saturated heterocycles. The highest BCUT2D eigenvalue weighted by Crippen LogP contribution is 2.29. The van der Waals surface area contributed by atoms with Crippen LogP contribution in [0.2, 0.25) is 0 Å². The first-order valence-electron chi connectivity index (χ1n) is 11.2. The van der Waals surface area contributed by atoms with E-state index in [2.05, 4.69) is 15.5 Å². The van der Waals surface area contributed by atoms with Gasteiger partial charge in [0, 0.05) is 22.1 Å². The van der Waals surface area contributed by atoms with Gasteiger partial charge in [-0.3, -0.25) is 9.89 Å². The predicted molar refractivity (Wildman–Crippen MR) is 133 cm³/mol. The van der Waals surface area contributed by atoms with Crippen LogP contribution in [0, 0.1) is 5.82 Å². The van der Waals surface area contributed by atoms with E-state index in [4.69, 9.17) is 14.2 Å². The van der Waals surface area contributed by atoms with Crippen molar-refractivity contribution >= 4 is 28.5 Å². The molecule has 9 heteroatoms. The van der Waals surface area contributed by atoms with Crippen molar-refractivity contribution in [3.8, 4) is 11.5 Å². The van der Waals surface area contributed by atoms with Gasteiger partial charge >= 0.3 is 5.97 Å². The Morgan fingerprint density at radius 1 is 0.972 bits per heavy atom. The van der Waals surface area contributed by atoms with Gasteiger partial charge in [-0.25, -0.2) is 9.18 Å². The minimum Gasteiger partial charge on any atom is -0.493 e. The molecule has 0 aliphatic rings. The van der Waals surface area contributed by atoms with E-state index in [0.29, 0.717) is 33.7 Å². The largest absolute Gasteiger partial charge is 0.493 e. The third-order valence-electron chi connectivity index (χ3n) is 5.85. The molecule has 186 valence electrons. The van der Waals surface area contributed by atoms with Gasteiger partial charge in [0.1, 0.15) is 12.4 Å². The summed E-state index contributed by atoms with van der Waals surface area (Å²) in [4.78, 5) is 25.3. The number of ether oxygens (including phenoxy) is 3. The van der Waals surface area contributed by atoms with Crippen molar-refractivity contribution in [1.82, 2.24) is 10.2 Å². The lowest BCUT2D eigenvalue weighted by Crippen LogP contribution is -2.26. The molecule has 1 aromatic heterocycles. The summed E-state index contributed by atoms with van der Waals surface area (Å²) in [5.74, 6) is -0.305. The van der Waals surface area contributed by atoms with Gasteiger partial charge in [-0.2, -0.15) is 5.10 Å². The van der Waals surface area contributed by atoms with Gasteiger partial charge in [0.05, 0.1) is 19.7 Å². The molecular formula is C27H26FN3O5. The van der Waals surface area contributed by atoms with Crippen molar-refractivity contribution < 1.29 is 28.2 Å². The number of nitrogens with zero attached hydrogens (tertiary/aromatic N) is 1. The first kappa shape index (κ1) is 24.7. The van der Waals surface area contributed by atoms with Crippen LogP contribution in [-0.2, 0) is 10.2 Å². The Balaban J connectivity index is 1.40. The highest BCUT2D eigenvalue weighted by Gasteiger charge is 2.25. The first-order valence-corrected chi connectivity index (χ1v) is 11.2. The van der Waals surface area contributed by atoms with Crippen molar-refractivity contribution in [1.29, 1.82) is 0 Å². The molecule has 0 saturated carbocycles. The number of hydrogen-bond donors (Lipinski definition) is 2. The fourth-order valence-corrected chi connectivity index (χ4v) is 3.73. The molecule has 2 N–H and O–H groups in total. The number of fused-ring (bicyclic) bond motifs is 1. The third kappa shape index (κ3) is 5.14. The van der Waals surface area contributed by atoms with Gasteiger partial charge in [0.2, 0.25) is 0 Å². The Kier molecular flexibility index (Phi) is 6.91. The number of halogens is 1. The number of carbonyl (C=O) groups is 2.